The molecule has 8 aromatic rings. The third-order valence-electron chi connectivity index (χ3n) is 11.1. The zero-order chi connectivity index (χ0) is 34.1. The van der Waals surface area contributed by atoms with Crippen LogP contribution in [-0.4, -0.2) is 5.84 Å². The van der Waals surface area contributed by atoms with Gasteiger partial charge in [0.2, 0.25) is 0 Å². The second kappa shape index (κ2) is 11.4. The van der Waals surface area contributed by atoms with Crippen LogP contribution in [0.5, 0.6) is 0 Å². The summed E-state index contributed by atoms with van der Waals surface area (Å²) in [5.41, 5.74) is 12.4. The highest BCUT2D eigenvalue weighted by molar-refractivity contribution is 6.19. The van der Waals surface area contributed by atoms with E-state index in [1.165, 1.54) is 76.8 Å². The van der Waals surface area contributed by atoms with Gasteiger partial charge in [-0.05, 0) is 89.5 Å². The summed E-state index contributed by atoms with van der Waals surface area (Å²) in [6, 6.07) is 59.4. The molecule has 0 fully saturated rings. The highest BCUT2D eigenvalue weighted by atomic mass is 15.0. The largest absolute Gasteiger partial charge is 0.340 e. The first kappa shape index (κ1) is 29.6. The number of nitrogens with one attached hydrogen (secondary N) is 1. The predicted octanol–water partition coefficient (Wildman–Crippen LogP) is 12.3. The number of fused-ring (bicyclic) bond motifs is 7. The highest BCUT2D eigenvalue weighted by Crippen LogP contribution is 2.52. The van der Waals surface area contributed by atoms with Crippen LogP contribution in [0.2, 0.25) is 0 Å². The van der Waals surface area contributed by atoms with E-state index in [0.717, 1.165) is 17.1 Å². The molecule has 0 amide bonds. The van der Waals surface area contributed by atoms with Crippen LogP contribution in [-0.2, 0) is 5.41 Å². The number of amidine groups is 1. The van der Waals surface area contributed by atoms with E-state index in [0.29, 0.717) is 0 Å². The summed E-state index contributed by atoms with van der Waals surface area (Å²) in [6.45, 7) is 4.72. The summed E-state index contributed by atoms with van der Waals surface area (Å²) < 4.78 is 0. The van der Waals surface area contributed by atoms with E-state index in [1.807, 2.05) is 0 Å². The molecule has 1 N–H and O–H groups in total. The van der Waals surface area contributed by atoms with Gasteiger partial charge in [0.15, 0.2) is 0 Å². The monoisotopic (exact) mass is 652 g/mol. The van der Waals surface area contributed by atoms with Crippen molar-refractivity contribution < 1.29 is 0 Å². The molecule has 2 nitrogen and oxygen atoms in total. The second-order valence-electron chi connectivity index (χ2n) is 14.4. The first-order valence-corrected chi connectivity index (χ1v) is 17.8. The molecule has 0 bridgehead atoms. The molecule has 0 aromatic heterocycles. The van der Waals surface area contributed by atoms with Crippen LogP contribution >= 0.6 is 0 Å². The fourth-order valence-electron chi connectivity index (χ4n) is 8.68. The third-order valence-corrected chi connectivity index (χ3v) is 11.1. The van der Waals surface area contributed by atoms with Crippen LogP contribution < -0.4 is 5.32 Å². The third kappa shape index (κ3) is 4.67. The van der Waals surface area contributed by atoms with Gasteiger partial charge >= 0.3 is 0 Å². The maximum Gasteiger partial charge on any atom is 0.133 e. The van der Waals surface area contributed by atoms with Crippen molar-refractivity contribution in [2.75, 3.05) is 0 Å². The highest BCUT2D eigenvalue weighted by Gasteiger charge is 2.37. The van der Waals surface area contributed by atoms with Gasteiger partial charge in [-0.1, -0.05) is 166 Å². The van der Waals surface area contributed by atoms with Gasteiger partial charge in [-0.3, -0.25) is 4.99 Å². The average Bonchev–Trinajstić information content (AvgIpc) is 3.43. The molecule has 0 saturated carbocycles. The average molecular weight is 653 g/mol. The molecule has 1 unspecified atom stereocenters. The number of hydrogen-bond donors (Lipinski definition) is 1. The molecule has 2 aliphatic rings. The van der Waals surface area contributed by atoms with E-state index in [1.54, 1.807) is 0 Å². The van der Waals surface area contributed by atoms with Crippen molar-refractivity contribution in [3.8, 4) is 22.3 Å². The lowest BCUT2D eigenvalue weighted by Crippen LogP contribution is -2.28. The van der Waals surface area contributed by atoms with Crippen molar-refractivity contribution in [1.82, 2.24) is 5.32 Å². The molecule has 0 saturated heterocycles. The van der Waals surface area contributed by atoms with E-state index in [4.69, 9.17) is 4.99 Å². The number of benzene rings is 8. The summed E-state index contributed by atoms with van der Waals surface area (Å²) in [4.78, 5) is 5.41. The lowest BCUT2D eigenvalue weighted by Gasteiger charge is -2.26. The Morgan fingerprint density at radius 3 is 2.08 bits per heavy atom. The zero-order valence-electron chi connectivity index (χ0n) is 28.7. The Labute approximate surface area is 298 Å². The molecule has 1 heterocycles. The lowest BCUT2D eigenvalue weighted by molar-refractivity contribution is 0.662. The Kier molecular flexibility index (Phi) is 6.63. The topological polar surface area (TPSA) is 24.4 Å². The first-order valence-electron chi connectivity index (χ1n) is 17.8. The van der Waals surface area contributed by atoms with Crippen molar-refractivity contribution in [3.63, 3.8) is 0 Å². The SMILES string of the molecule is CC1(C)c2ccccc2-c2cccc(-c3cccc(C4C=C(c5c6ccccc6cc6c5ccc5ccccc56)NC(c5ccccc5)=N4)c3)c21. The molecule has 242 valence electrons. The molecular formula is C49H36N2. The summed E-state index contributed by atoms with van der Waals surface area (Å²) in [6.07, 6.45) is 2.33. The van der Waals surface area contributed by atoms with Crippen molar-refractivity contribution >= 4 is 43.9 Å². The van der Waals surface area contributed by atoms with Crippen LogP contribution in [0, 0.1) is 0 Å². The van der Waals surface area contributed by atoms with Gasteiger partial charge in [-0.2, -0.15) is 0 Å². The Hall–Kier alpha value is -6.25. The fourth-order valence-corrected chi connectivity index (χ4v) is 8.68. The van der Waals surface area contributed by atoms with Crippen LogP contribution in [0.15, 0.2) is 175 Å². The van der Waals surface area contributed by atoms with Crippen LogP contribution in [0.4, 0.5) is 0 Å². The van der Waals surface area contributed by atoms with Crippen LogP contribution in [0.3, 0.4) is 0 Å². The number of rotatable bonds is 4. The van der Waals surface area contributed by atoms with Crippen molar-refractivity contribution in [3.05, 3.63) is 198 Å². The minimum Gasteiger partial charge on any atom is -0.340 e. The van der Waals surface area contributed by atoms with Gasteiger partial charge in [-0.15, -0.1) is 0 Å². The Morgan fingerprint density at radius 2 is 1.20 bits per heavy atom. The van der Waals surface area contributed by atoms with Gasteiger partial charge in [0, 0.05) is 22.2 Å². The number of aliphatic imine (C=N–C) groups is 1. The van der Waals surface area contributed by atoms with Gasteiger partial charge in [0.1, 0.15) is 5.84 Å². The number of nitrogens with zero attached hydrogens (tertiary/aromatic N) is 1. The van der Waals surface area contributed by atoms with Gasteiger partial charge < -0.3 is 5.32 Å². The predicted molar refractivity (Wildman–Crippen MR) is 215 cm³/mol. The van der Waals surface area contributed by atoms with E-state index in [9.17, 15) is 0 Å². The van der Waals surface area contributed by atoms with E-state index < -0.39 is 0 Å². The molecular weight excluding hydrogens is 617 g/mol. The van der Waals surface area contributed by atoms with Crippen LogP contribution in [0.25, 0.3) is 60.3 Å². The van der Waals surface area contributed by atoms with Crippen molar-refractivity contribution in [2.24, 2.45) is 4.99 Å². The molecule has 0 radical (unpaired) electrons. The Bertz CT molecular complexity index is 2750. The molecule has 1 atom stereocenters. The maximum atomic E-state index is 5.41. The van der Waals surface area contributed by atoms with Crippen molar-refractivity contribution in [2.45, 2.75) is 25.3 Å². The van der Waals surface area contributed by atoms with Gasteiger partial charge in [0.25, 0.3) is 0 Å². The summed E-state index contributed by atoms with van der Waals surface area (Å²) in [5, 5.41) is 11.3. The molecule has 8 aromatic carbocycles. The first-order chi connectivity index (χ1) is 25.0. The summed E-state index contributed by atoms with van der Waals surface area (Å²) in [7, 11) is 0. The zero-order valence-corrected chi connectivity index (χ0v) is 28.7. The smallest absolute Gasteiger partial charge is 0.133 e. The standard InChI is InChI=1S/C49H36N2/c1-49(2)43-25-11-10-22-39(43)41-24-13-23-38(47(41)49)33-18-12-19-35(28-33)44-30-45(51-48(50-44)32-15-4-3-5-16-32)46-37-21-9-7-17-34(37)29-42-36-20-8-6-14-31(36)26-27-40(42)46/h3-30,44H,1-2H3,(H,50,51). The van der Waals surface area contributed by atoms with Crippen molar-refractivity contribution in [1.29, 1.82) is 0 Å². The minimum atomic E-state index is -0.187. The van der Waals surface area contributed by atoms with E-state index in [2.05, 4.69) is 189 Å². The van der Waals surface area contributed by atoms with Gasteiger partial charge in [-0.25, -0.2) is 0 Å². The number of hydrogen-bond acceptors (Lipinski definition) is 2. The summed E-state index contributed by atoms with van der Waals surface area (Å²) in [5.74, 6) is 0.877. The summed E-state index contributed by atoms with van der Waals surface area (Å²) >= 11 is 0. The molecule has 51 heavy (non-hydrogen) atoms. The van der Waals surface area contributed by atoms with Crippen LogP contribution in [0.1, 0.15) is 47.7 Å². The Morgan fingerprint density at radius 1 is 0.510 bits per heavy atom. The second-order valence-corrected chi connectivity index (χ2v) is 14.4. The fraction of sp³-hybridized carbons (Fsp3) is 0.0816. The molecule has 10 rings (SSSR count). The molecule has 1 aliphatic heterocycles. The van der Waals surface area contributed by atoms with E-state index in [-0.39, 0.29) is 11.5 Å². The van der Waals surface area contributed by atoms with E-state index >= 15 is 0 Å². The Balaban J connectivity index is 1.17. The molecule has 2 heteroatoms. The normalized spacial score (nSPS) is 16.0. The molecule has 1 aliphatic carbocycles. The minimum absolute atomic E-state index is 0.0986. The lowest BCUT2D eigenvalue weighted by atomic mass is 9.78. The molecule has 0 spiro atoms. The van der Waals surface area contributed by atoms with Gasteiger partial charge in [0.05, 0.1) is 6.04 Å². The maximum absolute atomic E-state index is 5.41. The quantitative estimate of drug-likeness (QED) is 0.148.